The second-order valence-corrected chi connectivity index (χ2v) is 2.21. The van der Waals surface area contributed by atoms with Crippen LogP contribution in [0.4, 0.5) is 0 Å². The van der Waals surface area contributed by atoms with Crippen molar-refractivity contribution in [3.05, 3.63) is 5.89 Å². The Kier molecular flexibility index (Phi) is 1.69. The normalized spacial score (nSPS) is 10.3. The van der Waals surface area contributed by atoms with Gasteiger partial charge < -0.3 is 13.7 Å². The summed E-state index contributed by atoms with van der Waals surface area (Å²) in [6.07, 6.45) is 0. The van der Waals surface area contributed by atoms with Crippen LogP contribution in [0.15, 0.2) is 8.94 Å². The fraction of sp³-hybridized carbons (Fsp3) is 0.333. The average Bonchev–Trinajstić information content (AvgIpc) is 2.71. The van der Waals surface area contributed by atoms with Crippen LogP contribution in [0.2, 0.25) is 0 Å². The Bertz CT molecular complexity index is 407. The molecule has 0 atom stereocenters. The molecule has 0 aliphatic rings. The van der Waals surface area contributed by atoms with E-state index in [-0.39, 0.29) is 17.8 Å². The largest absolute Gasteiger partial charge is 0.465 e. The molecule has 0 aromatic carbocycles. The molecule has 0 spiro atoms. The molecule has 7 nitrogen and oxygen atoms in total. The van der Waals surface area contributed by atoms with Crippen molar-refractivity contribution in [1.82, 2.24) is 20.3 Å². The van der Waals surface area contributed by atoms with Gasteiger partial charge in [0.05, 0.1) is 7.11 Å². The number of aryl methyl sites for hydroxylation is 1. The molecule has 2 aromatic heterocycles. The molecule has 2 heterocycles. The lowest BCUT2D eigenvalue weighted by Gasteiger charge is -1.82. The van der Waals surface area contributed by atoms with Crippen LogP contribution in [-0.4, -0.2) is 27.4 Å². The SMILES string of the molecule is COc1noc(-c2nnc(C)o2)n1. The molecule has 0 saturated carbocycles. The van der Waals surface area contributed by atoms with Gasteiger partial charge in [-0.25, -0.2) is 0 Å². The third kappa shape index (κ3) is 1.35. The lowest BCUT2D eigenvalue weighted by Crippen LogP contribution is -1.83. The molecular formula is C6H6N4O3. The number of methoxy groups -OCH3 is 1. The van der Waals surface area contributed by atoms with Gasteiger partial charge in [-0.15, -0.1) is 15.2 Å². The highest BCUT2D eigenvalue weighted by Crippen LogP contribution is 2.16. The van der Waals surface area contributed by atoms with Crippen LogP contribution in [0, 0.1) is 6.92 Å². The topological polar surface area (TPSA) is 87.1 Å². The Morgan fingerprint density at radius 2 is 2.08 bits per heavy atom. The molecule has 0 aliphatic carbocycles. The van der Waals surface area contributed by atoms with E-state index < -0.39 is 0 Å². The van der Waals surface area contributed by atoms with E-state index in [4.69, 9.17) is 13.7 Å². The molecule has 0 bridgehead atoms. The van der Waals surface area contributed by atoms with Gasteiger partial charge in [-0.1, -0.05) is 0 Å². The van der Waals surface area contributed by atoms with Crippen molar-refractivity contribution in [3.63, 3.8) is 0 Å². The van der Waals surface area contributed by atoms with E-state index in [2.05, 4.69) is 20.3 Å². The predicted molar refractivity (Wildman–Crippen MR) is 38.9 cm³/mol. The minimum atomic E-state index is 0.130. The second-order valence-electron chi connectivity index (χ2n) is 2.21. The molecule has 0 aliphatic heterocycles. The summed E-state index contributed by atoms with van der Waals surface area (Å²) in [5.41, 5.74) is 0. The Labute approximate surface area is 72.7 Å². The third-order valence-corrected chi connectivity index (χ3v) is 1.30. The van der Waals surface area contributed by atoms with Crippen molar-refractivity contribution >= 4 is 0 Å². The molecule has 2 rings (SSSR count). The van der Waals surface area contributed by atoms with Crippen molar-refractivity contribution < 1.29 is 13.7 Å². The van der Waals surface area contributed by atoms with Crippen molar-refractivity contribution in [2.75, 3.05) is 7.11 Å². The Morgan fingerprint density at radius 1 is 1.23 bits per heavy atom. The number of hydrogen-bond donors (Lipinski definition) is 0. The summed E-state index contributed by atoms with van der Waals surface area (Å²) in [7, 11) is 1.44. The average molecular weight is 182 g/mol. The highest BCUT2D eigenvalue weighted by Gasteiger charge is 2.14. The van der Waals surface area contributed by atoms with Gasteiger partial charge >= 0.3 is 17.8 Å². The van der Waals surface area contributed by atoms with E-state index >= 15 is 0 Å². The standard InChI is InChI=1S/C6H6N4O3/c1-3-8-9-5(12-3)4-7-6(11-2)10-13-4/h1-2H3. The number of aromatic nitrogens is 4. The van der Waals surface area contributed by atoms with E-state index in [1.165, 1.54) is 7.11 Å². The lowest BCUT2D eigenvalue weighted by atomic mass is 10.7. The Morgan fingerprint density at radius 3 is 2.62 bits per heavy atom. The summed E-state index contributed by atoms with van der Waals surface area (Å²) in [6.45, 7) is 1.67. The maximum atomic E-state index is 5.05. The van der Waals surface area contributed by atoms with Gasteiger partial charge in [0, 0.05) is 6.92 Å². The van der Waals surface area contributed by atoms with Gasteiger partial charge in [-0.2, -0.15) is 0 Å². The van der Waals surface area contributed by atoms with Crippen molar-refractivity contribution in [2.24, 2.45) is 0 Å². The zero-order valence-electron chi connectivity index (χ0n) is 7.01. The van der Waals surface area contributed by atoms with Crippen LogP contribution >= 0.6 is 0 Å². The Hall–Kier alpha value is -1.92. The molecule has 0 amide bonds. The van der Waals surface area contributed by atoms with Gasteiger partial charge in [0.1, 0.15) is 0 Å². The monoisotopic (exact) mass is 182 g/mol. The molecule has 0 unspecified atom stereocenters. The fourth-order valence-electron chi connectivity index (χ4n) is 0.763. The summed E-state index contributed by atoms with van der Waals surface area (Å²) in [4.78, 5) is 3.82. The quantitative estimate of drug-likeness (QED) is 0.665. The first kappa shape index (κ1) is 7.71. The van der Waals surface area contributed by atoms with Gasteiger partial charge in [0.15, 0.2) is 0 Å². The van der Waals surface area contributed by atoms with E-state index in [1.54, 1.807) is 6.92 Å². The van der Waals surface area contributed by atoms with Crippen LogP contribution in [0.5, 0.6) is 6.01 Å². The van der Waals surface area contributed by atoms with Crippen molar-refractivity contribution in [3.8, 4) is 17.8 Å². The van der Waals surface area contributed by atoms with Crippen LogP contribution in [0.3, 0.4) is 0 Å². The van der Waals surface area contributed by atoms with Gasteiger partial charge in [0.2, 0.25) is 5.89 Å². The van der Waals surface area contributed by atoms with Crippen LogP contribution < -0.4 is 4.74 Å². The number of ether oxygens (including phenoxy) is 1. The lowest BCUT2D eigenvalue weighted by molar-refractivity contribution is 0.336. The molecule has 7 heteroatoms. The van der Waals surface area contributed by atoms with Crippen molar-refractivity contribution in [1.29, 1.82) is 0 Å². The molecule has 13 heavy (non-hydrogen) atoms. The summed E-state index contributed by atoms with van der Waals surface area (Å²) in [5, 5.41) is 10.8. The summed E-state index contributed by atoms with van der Waals surface area (Å²) in [5.74, 6) is 0.776. The number of nitrogens with zero attached hydrogens (tertiary/aromatic N) is 4. The van der Waals surface area contributed by atoms with E-state index in [9.17, 15) is 0 Å². The summed E-state index contributed by atoms with van der Waals surface area (Å²) in [6, 6.07) is 0.130. The smallest absolute Gasteiger partial charge is 0.354 e. The first-order valence-electron chi connectivity index (χ1n) is 3.48. The highest BCUT2D eigenvalue weighted by atomic mass is 16.5. The molecule has 0 N–H and O–H groups in total. The van der Waals surface area contributed by atoms with E-state index in [1.807, 2.05) is 0 Å². The molecule has 68 valence electrons. The van der Waals surface area contributed by atoms with Gasteiger partial charge in [-0.3, -0.25) is 0 Å². The number of hydrogen-bond acceptors (Lipinski definition) is 7. The zero-order chi connectivity index (χ0) is 9.26. The van der Waals surface area contributed by atoms with Gasteiger partial charge in [0.25, 0.3) is 0 Å². The molecule has 0 saturated heterocycles. The maximum Gasteiger partial charge on any atom is 0.354 e. The molecular weight excluding hydrogens is 176 g/mol. The van der Waals surface area contributed by atoms with E-state index in [0.717, 1.165) is 0 Å². The first-order valence-corrected chi connectivity index (χ1v) is 3.48. The first-order chi connectivity index (χ1) is 6.29. The van der Waals surface area contributed by atoms with Crippen LogP contribution in [-0.2, 0) is 0 Å². The summed E-state index contributed by atoms with van der Waals surface area (Å²) >= 11 is 0. The molecule has 0 fully saturated rings. The van der Waals surface area contributed by atoms with E-state index in [0.29, 0.717) is 5.89 Å². The minimum Gasteiger partial charge on any atom is -0.465 e. The van der Waals surface area contributed by atoms with Crippen molar-refractivity contribution in [2.45, 2.75) is 6.92 Å². The third-order valence-electron chi connectivity index (χ3n) is 1.30. The minimum absolute atomic E-state index is 0.130. The predicted octanol–water partition coefficient (Wildman–Crippen LogP) is 0.437. The second kappa shape index (κ2) is 2.85. The fourth-order valence-corrected chi connectivity index (χ4v) is 0.763. The van der Waals surface area contributed by atoms with Gasteiger partial charge in [-0.05, 0) is 5.16 Å². The number of rotatable bonds is 2. The maximum absolute atomic E-state index is 5.05. The molecule has 2 aromatic rings. The highest BCUT2D eigenvalue weighted by molar-refractivity contribution is 5.35. The summed E-state index contributed by atoms with van der Waals surface area (Å²) < 4.78 is 14.5. The molecule has 0 radical (unpaired) electrons. The van der Waals surface area contributed by atoms with Crippen LogP contribution in [0.1, 0.15) is 5.89 Å². The Balaban J connectivity index is 2.35. The zero-order valence-corrected chi connectivity index (χ0v) is 7.01. The van der Waals surface area contributed by atoms with Crippen LogP contribution in [0.25, 0.3) is 11.8 Å².